The van der Waals surface area contributed by atoms with Crippen molar-refractivity contribution in [1.82, 2.24) is 0 Å². The number of rotatable bonds is 3. The molecule has 0 aliphatic rings. The smallest absolute Gasteiger partial charge is 0.138 e. The largest absolute Gasteiger partial charge is 0.495 e. The predicted octanol–water partition coefficient (Wildman–Crippen LogP) is 5.05. The highest BCUT2D eigenvalue weighted by molar-refractivity contribution is 6.34. The molecule has 0 aliphatic heterocycles. The summed E-state index contributed by atoms with van der Waals surface area (Å²) in [5, 5.41) is 11.8. The highest BCUT2D eigenvalue weighted by atomic mass is 35.5. The number of hydrogen-bond acceptors (Lipinski definition) is 2. The second-order valence-electron chi connectivity index (χ2n) is 4.42. The normalized spacial score (nSPS) is 12.3. The van der Waals surface area contributed by atoms with Gasteiger partial charge in [0.05, 0.1) is 17.2 Å². The standard InChI is InChI=1S/C15H13Cl3O2/c1-8-3-4-9(5-11(8)16)15(19)10-6-13(18)14(20-2)7-12(10)17/h3-7,15,19H,1-2H3. The molecule has 0 heterocycles. The molecule has 0 bridgehead atoms. The first kappa shape index (κ1) is 15.5. The minimum Gasteiger partial charge on any atom is -0.495 e. The third-order valence-electron chi connectivity index (χ3n) is 3.08. The molecule has 0 spiro atoms. The van der Waals surface area contributed by atoms with Crippen LogP contribution in [0.4, 0.5) is 0 Å². The van der Waals surface area contributed by atoms with Crippen LogP contribution >= 0.6 is 34.8 Å². The molecular formula is C15H13Cl3O2. The lowest BCUT2D eigenvalue weighted by Crippen LogP contribution is -2.01. The Bertz CT molecular complexity index is 641. The molecular weight excluding hydrogens is 319 g/mol. The maximum atomic E-state index is 10.4. The summed E-state index contributed by atoms with van der Waals surface area (Å²) in [6.45, 7) is 1.90. The van der Waals surface area contributed by atoms with E-state index in [4.69, 9.17) is 39.5 Å². The van der Waals surface area contributed by atoms with E-state index in [0.29, 0.717) is 31.9 Å². The number of ether oxygens (including phenoxy) is 1. The molecule has 2 aromatic rings. The fraction of sp³-hybridized carbons (Fsp3) is 0.200. The van der Waals surface area contributed by atoms with Crippen molar-refractivity contribution >= 4 is 34.8 Å². The number of benzene rings is 2. The van der Waals surface area contributed by atoms with Crippen molar-refractivity contribution in [2.24, 2.45) is 0 Å². The van der Waals surface area contributed by atoms with E-state index in [9.17, 15) is 5.11 Å². The summed E-state index contributed by atoms with van der Waals surface area (Å²) < 4.78 is 5.08. The lowest BCUT2D eigenvalue weighted by Gasteiger charge is -2.16. The number of aliphatic hydroxyl groups excluding tert-OH is 1. The van der Waals surface area contributed by atoms with Gasteiger partial charge in [-0.3, -0.25) is 0 Å². The van der Waals surface area contributed by atoms with Crippen LogP contribution in [0, 0.1) is 6.92 Å². The molecule has 106 valence electrons. The van der Waals surface area contributed by atoms with E-state index in [1.165, 1.54) is 7.11 Å². The van der Waals surface area contributed by atoms with Gasteiger partial charge in [-0.2, -0.15) is 0 Å². The van der Waals surface area contributed by atoms with E-state index >= 15 is 0 Å². The van der Waals surface area contributed by atoms with Gasteiger partial charge in [0.2, 0.25) is 0 Å². The van der Waals surface area contributed by atoms with E-state index < -0.39 is 6.10 Å². The molecule has 2 rings (SSSR count). The summed E-state index contributed by atoms with van der Waals surface area (Å²) in [5.41, 5.74) is 2.11. The van der Waals surface area contributed by atoms with E-state index in [-0.39, 0.29) is 0 Å². The number of aryl methyl sites for hydroxylation is 1. The maximum absolute atomic E-state index is 10.4. The van der Waals surface area contributed by atoms with Gasteiger partial charge in [-0.1, -0.05) is 46.9 Å². The molecule has 0 fully saturated rings. The molecule has 0 saturated carbocycles. The highest BCUT2D eigenvalue weighted by Crippen LogP contribution is 2.36. The lowest BCUT2D eigenvalue weighted by molar-refractivity contribution is 0.220. The molecule has 0 radical (unpaired) electrons. The summed E-state index contributed by atoms with van der Waals surface area (Å²) >= 11 is 18.3. The second kappa shape index (κ2) is 6.23. The average Bonchev–Trinajstić information content (AvgIpc) is 2.43. The third-order valence-corrected chi connectivity index (χ3v) is 4.11. The summed E-state index contributed by atoms with van der Waals surface area (Å²) in [5.74, 6) is 0.467. The third kappa shape index (κ3) is 3.04. The molecule has 5 heteroatoms. The van der Waals surface area contributed by atoms with Crippen LogP contribution < -0.4 is 4.74 Å². The minimum absolute atomic E-state index is 0.385. The van der Waals surface area contributed by atoms with Crippen LogP contribution in [-0.2, 0) is 0 Å². The predicted molar refractivity (Wildman–Crippen MR) is 83.3 cm³/mol. The van der Waals surface area contributed by atoms with Crippen LogP contribution in [0.3, 0.4) is 0 Å². The Morgan fingerprint density at radius 2 is 1.70 bits per heavy atom. The molecule has 0 aromatic heterocycles. The average molecular weight is 332 g/mol. The van der Waals surface area contributed by atoms with Crippen molar-refractivity contribution in [2.45, 2.75) is 13.0 Å². The van der Waals surface area contributed by atoms with Crippen molar-refractivity contribution in [2.75, 3.05) is 7.11 Å². The first-order chi connectivity index (χ1) is 9.43. The molecule has 20 heavy (non-hydrogen) atoms. The zero-order valence-corrected chi connectivity index (χ0v) is 13.2. The fourth-order valence-corrected chi connectivity index (χ4v) is 2.56. The van der Waals surface area contributed by atoms with Crippen LogP contribution in [0.25, 0.3) is 0 Å². The van der Waals surface area contributed by atoms with Gasteiger partial charge in [-0.05, 0) is 30.2 Å². The summed E-state index contributed by atoms with van der Waals surface area (Å²) in [7, 11) is 1.51. The number of hydrogen-bond donors (Lipinski definition) is 1. The molecule has 0 amide bonds. The van der Waals surface area contributed by atoms with Crippen molar-refractivity contribution in [1.29, 1.82) is 0 Å². The SMILES string of the molecule is COc1cc(Cl)c(C(O)c2ccc(C)c(Cl)c2)cc1Cl. The lowest BCUT2D eigenvalue weighted by atomic mass is 10.0. The first-order valence-electron chi connectivity index (χ1n) is 5.91. The van der Waals surface area contributed by atoms with Gasteiger partial charge in [0.15, 0.2) is 0 Å². The van der Waals surface area contributed by atoms with Crippen molar-refractivity contribution < 1.29 is 9.84 Å². The number of aliphatic hydroxyl groups is 1. The van der Waals surface area contributed by atoms with Crippen LogP contribution in [0.15, 0.2) is 30.3 Å². The minimum atomic E-state index is -0.899. The topological polar surface area (TPSA) is 29.5 Å². The van der Waals surface area contributed by atoms with Gasteiger partial charge in [0.1, 0.15) is 11.9 Å². The van der Waals surface area contributed by atoms with E-state index in [0.717, 1.165) is 5.56 Å². The van der Waals surface area contributed by atoms with Gasteiger partial charge in [0, 0.05) is 16.7 Å². The Kier molecular flexibility index (Phi) is 4.82. The highest BCUT2D eigenvalue weighted by Gasteiger charge is 2.17. The first-order valence-corrected chi connectivity index (χ1v) is 7.04. The molecule has 2 aromatic carbocycles. The van der Waals surface area contributed by atoms with Crippen LogP contribution in [0.5, 0.6) is 5.75 Å². The van der Waals surface area contributed by atoms with Crippen molar-refractivity contribution in [3.8, 4) is 5.75 Å². The Labute approximate surface area is 132 Å². The van der Waals surface area contributed by atoms with Gasteiger partial charge < -0.3 is 9.84 Å². The summed E-state index contributed by atoms with van der Waals surface area (Å²) in [4.78, 5) is 0. The molecule has 2 nitrogen and oxygen atoms in total. The molecule has 1 unspecified atom stereocenters. The monoisotopic (exact) mass is 330 g/mol. The molecule has 1 N–H and O–H groups in total. The fourth-order valence-electron chi connectivity index (χ4n) is 1.87. The van der Waals surface area contributed by atoms with Gasteiger partial charge >= 0.3 is 0 Å². The Balaban J connectivity index is 2.45. The second-order valence-corrected chi connectivity index (χ2v) is 5.64. The Morgan fingerprint density at radius 3 is 2.30 bits per heavy atom. The van der Waals surface area contributed by atoms with Crippen LogP contribution in [0.2, 0.25) is 15.1 Å². The molecule has 0 saturated heterocycles. The van der Waals surface area contributed by atoms with Crippen LogP contribution in [0.1, 0.15) is 22.8 Å². The summed E-state index contributed by atoms with van der Waals surface area (Å²) in [6.07, 6.45) is -0.899. The molecule has 1 atom stereocenters. The van der Waals surface area contributed by atoms with Gasteiger partial charge in [-0.25, -0.2) is 0 Å². The number of halogens is 3. The Morgan fingerprint density at radius 1 is 1.00 bits per heavy atom. The van der Waals surface area contributed by atoms with E-state index in [1.54, 1.807) is 24.3 Å². The zero-order valence-electron chi connectivity index (χ0n) is 11.0. The molecule has 0 aliphatic carbocycles. The van der Waals surface area contributed by atoms with Crippen LogP contribution in [-0.4, -0.2) is 12.2 Å². The van der Waals surface area contributed by atoms with Crippen molar-refractivity contribution in [3.63, 3.8) is 0 Å². The summed E-state index contributed by atoms with van der Waals surface area (Å²) in [6, 6.07) is 8.55. The van der Waals surface area contributed by atoms with E-state index in [1.807, 2.05) is 13.0 Å². The number of methoxy groups -OCH3 is 1. The maximum Gasteiger partial charge on any atom is 0.138 e. The quantitative estimate of drug-likeness (QED) is 0.853. The van der Waals surface area contributed by atoms with Crippen molar-refractivity contribution in [3.05, 3.63) is 62.1 Å². The van der Waals surface area contributed by atoms with E-state index in [2.05, 4.69) is 0 Å². The zero-order chi connectivity index (χ0) is 14.9. The van der Waals surface area contributed by atoms with Gasteiger partial charge in [-0.15, -0.1) is 0 Å². The van der Waals surface area contributed by atoms with Gasteiger partial charge in [0.25, 0.3) is 0 Å². The Hall–Kier alpha value is -0.930.